The number of rotatable bonds is 5. The molecule has 0 saturated carbocycles. The molecule has 0 aliphatic rings. The fourth-order valence-electron chi connectivity index (χ4n) is 2.83. The second-order valence-electron chi connectivity index (χ2n) is 5.74. The van der Waals surface area contributed by atoms with E-state index < -0.39 is 0 Å². The van der Waals surface area contributed by atoms with Crippen LogP contribution in [0.25, 0.3) is 18.5 Å². The maximum absolute atomic E-state index is 12.7. The molecule has 0 bridgehead atoms. The monoisotopic (exact) mass is 334 g/mol. The summed E-state index contributed by atoms with van der Waals surface area (Å²) in [5.74, 6) is 0.550. The van der Waals surface area contributed by atoms with Gasteiger partial charge in [-0.1, -0.05) is 24.8 Å². The predicted octanol–water partition coefficient (Wildman–Crippen LogP) is 1.65. The lowest BCUT2D eigenvalue weighted by molar-refractivity contribution is 0.809. The van der Waals surface area contributed by atoms with Crippen LogP contribution in [0.2, 0.25) is 0 Å². The van der Waals surface area contributed by atoms with E-state index in [0.717, 1.165) is 18.7 Å². The second-order valence-corrected chi connectivity index (χ2v) is 5.74. The summed E-state index contributed by atoms with van der Waals surface area (Å²) in [5, 5.41) is 4.10. The number of hydrogen-bond donors (Lipinski definition) is 1. The van der Waals surface area contributed by atoms with Gasteiger partial charge in [0.05, 0.1) is 10.6 Å². The van der Waals surface area contributed by atoms with Crippen LogP contribution in [0.3, 0.4) is 0 Å². The van der Waals surface area contributed by atoms with Crippen LogP contribution in [0.1, 0.15) is 19.4 Å². The first-order chi connectivity index (χ1) is 12.1. The summed E-state index contributed by atoms with van der Waals surface area (Å²) in [7, 11) is 0. The van der Waals surface area contributed by atoms with Crippen molar-refractivity contribution in [2.45, 2.75) is 13.8 Å². The van der Waals surface area contributed by atoms with Crippen molar-refractivity contribution in [2.75, 3.05) is 18.0 Å². The zero-order valence-corrected chi connectivity index (χ0v) is 14.6. The van der Waals surface area contributed by atoms with Gasteiger partial charge in [0.1, 0.15) is 0 Å². The third kappa shape index (κ3) is 3.40. The lowest BCUT2D eigenvalue weighted by Gasteiger charge is -2.20. The van der Waals surface area contributed by atoms with E-state index in [0.29, 0.717) is 16.4 Å². The zero-order valence-electron chi connectivity index (χ0n) is 14.6. The van der Waals surface area contributed by atoms with Crippen LogP contribution in [0.4, 0.5) is 5.69 Å². The third-order valence-corrected chi connectivity index (χ3v) is 4.22. The van der Waals surface area contributed by atoms with E-state index in [1.807, 2.05) is 30.3 Å². The zero-order chi connectivity index (χ0) is 17.8. The average molecular weight is 334 g/mol. The van der Waals surface area contributed by atoms with E-state index in [-0.39, 0.29) is 5.56 Å². The summed E-state index contributed by atoms with van der Waals surface area (Å²) in [6, 6.07) is 13.6. The predicted molar refractivity (Wildman–Crippen MR) is 103 cm³/mol. The summed E-state index contributed by atoms with van der Waals surface area (Å²) in [6.45, 7) is 10.2. The molecular formula is C20H22N4O. The highest BCUT2D eigenvalue weighted by Gasteiger charge is 2.05. The van der Waals surface area contributed by atoms with Crippen molar-refractivity contribution in [3.63, 3.8) is 0 Å². The molecule has 5 heteroatoms. The fraction of sp³-hybridized carbons (Fsp3) is 0.200. The Hall–Kier alpha value is -3.08. The molecule has 1 aromatic carbocycles. The number of aromatic amines is 1. The van der Waals surface area contributed by atoms with Crippen molar-refractivity contribution in [3.8, 4) is 5.82 Å². The highest BCUT2D eigenvalue weighted by atomic mass is 16.1. The minimum absolute atomic E-state index is 0.156. The standard InChI is InChI=1S/C20H22N4O/c1-4-23(5-2)17-11-9-16(10-12-17)14-18-15(3)22-24(20(18)25)19-8-6-7-13-21-19/h6-14,22H,3-5H2,1-2H3/b18-14-. The molecule has 0 amide bonds. The molecule has 0 aliphatic heterocycles. The molecule has 0 aliphatic carbocycles. The summed E-state index contributed by atoms with van der Waals surface area (Å²) < 4.78 is 1.42. The van der Waals surface area contributed by atoms with Crippen molar-refractivity contribution in [3.05, 3.63) is 75.1 Å². The van der Waals surface area contributed by atoms with Crippen molar-refractivity contribution >= 4 is 18.3 Å². The smallest absolute Gasteiger partial charge is 0.280 e. The summed E-state index contributed by atoms with van der Waals surface area (Å²) in [6.07, 6.45) is 3.51. The van der Waals surface area contributed by atoms with Crippen LogP contribution in [0.5, 0.6) is 0 Å². The van der Waals surface area contributed by atoms with Crippen LogP contribution < -0.4 is 21.0 Å². The van der Waals surface area contributed by atoms with E-state index in [9.17, 15) is 4.79 Å². The molecule has 2 aromatic heterocycles. The van der Waals surface area contributed by atoms with Gasteiger partial charge in [-0.15, -0.1) is 0 Å². The molecule has 0 radical (unpaired) electrons. The minimum atomic E-state index is -0.156. The molecule has 5 nitrogen and oxygen atoms in total. The van der Waals surface area contributed by atoms with Crippen LogP contribution in [-0.4, -0.2) is 27.9 Å². The number of nitrogens with one attached hydrogen (secondary N) is 1. The molecule has 0 fully saturated rings. The molecule has 2 heterocycles. The Kier molecular flexibility index (Phi) is 4.84. The normalized spacial score (nSPS) is 11.7. The fourth-order valence-corrected chi connectivity index (χ4v) is 2.83. The lowest BCUT2D eigenvalue weighted by Crippen LogP contribution is -2.34. The Bertz CT molecular complexity index is 997. The summed E-state index contributed by atoms with van der Waals surface area (Å²) in [5.41, 5.74) is 1.98. The molecule has 3 aromatic rings. The first kappa shape index (κ1) is 16.8. The van der Waals surface area contributed by atoms with Crippen LogP contribution in [0.15, 0.2) is 53.5 Å². The molecule has 25 heavy (non-hydrogen) atoms. The Labute approximate surface area is 146 Å². The molecule has 0 saturated heterocycles. The first-order valence-corrected chi connectivity index (χ1v) is 8.42. The summed E-state index contributed by atoms with van der Waals surface area (Å²) in [4.78, 5) is 19.2. The van der Waals surface area contributed by atoms with Gasteiger partial charge in [0.15, 0.2) is 5.82 Å². The van der Waals surface area contributed by atoms with Gasteiger partial charge in [-0.2, -0.15) is 0 Å². The molecule has 128 valence electrons. The number of benzene rings is 1. The minimum Gasteiger partial charge on any atom is -0.372 e. The van der Waals surface area contributed by atoms with E-state index in [4.69, 9.17) is 0 Å². The van der Waals surface area contributed by atoms with Gasteiger partial charge < -0.3 is 4.90 Å². The largest absolute Gasteiger partial charge is 0.372 e. The highest BCUT2D eigenvalue weighted by Crippen LogP contribution is 2.14. The Balaban J connectivity index is 2.01. The van der Waals surface area contributed by atoms with Crippen molar-refractivity contribution in [2.24, 2.45) is 0 Å². The molecule has 0 spiro atoms. The number of pyridine rings is 1. The maximum atomic E-state index is 12.7. The molecule has 0 atom stereocenters. The van der Waals surface area contributed by atoms with Gasteiger partial charge in [-0.05, 0) is 49.8 Å². The lowest BCUT2D eigenvalue weighted by atomic mass is 10.1. The van der Waals surface area contributed by atoms with E-state index in [1.165, 1.54) is 10.4 Å². The molecule has 1 N–H and O–H groups in total. The van der Waals surface area contributed by atoms with Gasteiger partial charge in [0.25, 0.3) is 5.56 Å². The topological polar surface area (TPSA) is 53.9 Å². The second kappa shape index (κ2) is 7.21. The first-order valence-electron chi connectivity index (χ1n) is 8.42. The number of aromatic nitrogens is 3. The van der Waals surface area contributed by atoms with Gasteiger partial charge in [-0.3, -0.25) is 9.89 Å². The molecule has 3 rings (SSSR count). The van der Waals surface area contributed by atoms with Gasteiger partial charge >= 0.3 is 0 Å². The molecule has 0 unspecified atom stereocenters. The van der Waals surface area contributed by atoms with Gasteiger partial charge in [0.2, 0.25) is 0 Å². The average Bonchev–Trinajstić information content (AvgIpc) is 2.93. The third-order valence-electron chi connectivity index (χ3n) is 4.22. The van der Waals surface area contributed by atoms with Crippen LogP contribution in [-0.2, 0) is 0 Å². The van der Waals surface area contributed by atoms with Crippen molar-refractivity contribution in [1.82, 2.24) is 14.8 Å². The van der Waals surface area contributed by atoms with Gasteiger partial charge in [0, 0.05) is 25.0 Å². The van der Waals surface area contributed by atoms with Crippen LogP contribution >= 0.6 is 0 Å². The Morgan fingerprint density at radius 3 is 2.48 bits per heavy atom. The SMILES string of the molecule is C=c1[nH]n(-c2ccccn2)c(=O)/c1=C\c1ccc(N(CC)CC)cc1. The summed E-state index contributed by atoms with van der Waals surface area (Å²) >= 11 is 0. The number of hydrogen-bond acceptors (Lipinski definition) is 3. The van der Waals surface area contributed by atoms with E-state index in [2.05, 4.69) is 47.5 Å². The molecular weight excluding hydrogens is 312 g/mol. The van der Waals surface area contributed by atoms with Crippen molar-refractivity contribution < 1.29 is 0 Å². The number of anilines is 1. The van der Waals surface area contributed by atoms with E-state index in [1.54, 1.807) is 12.3 Å². The quantitative estimate of drug-likeness (QED) is 0.772. The number of nitrogens with zero attached hydrogens (tertiary/aromatic N) is 3. The number of H-pyrrole nitrogens is 1. The van der Waals surface area contributed by atoms with E-state index >= 15 is 0 Å². The van der Waals surface area contributed by atoms with Gasteiger partial charge in [-0.25, -0.2) is 9.67 Å². The Morgan fingerprint density at radius 1 is 1.16 bits per heavy atom. The van der Waals surface area contributed by atoms with Crippen molar-refractivity contribution in [1.29, 1.82) is 0 Å². The Morgan fingerprint density at radius 2 is 1.88 bits per heavy atom. The highest BCUT2D eigenvalue weighted by molar-refractivity contribution is 5.56. The van der Waals surface area contributed by atoms with Crippen LogP contribution in [0, 0.1) is 0 Å². The maximum Gasteiger partial charge on any atom is 0.280 e.